The van der Waals surface area contributed by atoms with Crippen molar-refractivity contribution < 1.29 is 18.7 Å². The number of ether oxygens (including phenoxy) is 2. The Morgan fingerprint density at radius 1 is 1.19 bits per heavy atom. The van der Waals surface area contributed by atoms with E-state index in [4.69, 9.17) is 9.47 Å². The van der Waals surface area contributed by atoms with Crippen molar-refractivity contribution in [3.63, 3.8) is 0 Å². The number of aromatic nitrogens is 1. The molecule has 0 aliphatic rings. The fourth-order valence-electron chi connectivity index (χ4n) is 2.46. The van der Waals surface area contributed by atoms with E-state index in [1.807, 2.05) is 17.5 Å². The Bertz CT molecular complexity index is 977. The molecule has 3 aromatic rings. The largest absolute Gasteiger partial charge is 0.493 e. The van der Waals surface area contributed by atoms with E-state index >= 15 is 0 Å². The van der Waals surface area contributed by atoms with Crippen molar-refractivity contribution in [1.29, 1.82) is 0 Å². The quantitative estimate of drug-likeness (QED) is 0.579. The summed E-state index contributed by atoms with van der Waals surface area (Å²) in [6.07, 6.45) is 0.129. The number of methoxy groups -OCH3 is 2. The minimum atomic E-state index is -0.362. The van der Waals surface area contributed by atoms with Gasteiger partial charge in [-0.1, -0.05) is 6.07 Å². The highest BCUT2D eigenvalue weighted by Gasteiger charge is 2.12. The molecule has 2 aromatic carbocycles. The second kappa shape index (κ2) is 8.49. The molecular formula is C19H16BrFN2O3S. The third-order valence-corrected chi connectivity index (χ3v) is 5.14. The zero-order valence-corrected chi connectivity index (χ0v) is 17.0. The molecule has 0 unspecified atom stereocenters. The van der Waals surface area contributed by atoms with Crippen LogP contribution in [0.3, 0.4) is 0 Å². The van der Waals surface area contributed by atoms with Gasteiger partial charge in [-0.2, -0.15) is 0 Å². The molecule has 0 fully saturated rings. The van der Waals surface area contributed by atoms with Gasteiger partial charge in [0.25, 0.3) is 0 Å². The highest BCUT2D eigenvalue weighted by Crippen LogP contribution is 2.33. The summed E-state index contributed by atoms with van der Waals surface area (Å²) in [6.45, 7) is 0. The molecule has 0 bridgehead atoms. The topological polar surface area (TPSA) is 60.5 Å². The molecule has 0 saturated carbocycles. The molecular weight excluding hydrogens is 435 g/mol. The maximum absolute atomic E-state index is 13.3. The van der Waals surface area contributed by atoms with Gasteiger partial charge in [0, 0.05) is 10.9 Å². The molecule has 140 valence electrons. The first-order valence-electron chi connectivity index (χ1n) is 7.92. The van der Waals surface area contributed by atoms with Crippen LogP contribution in [0.1, 0.15) is 5.56 Å². The van der Waals surface area contributed by atoms with Crippen LogP contribution in [0.2, 0.25) is 0 Å². The molecule has 1 amide bonds. The summed E-state index contributed by atoms with van der Waals surface area (Å²) in [5.74, 6) is 0.659. The van der Waals surface area contributed by atoms with Gasteiger partial charge in [0.05, 0.1) is 30.8 Å². The number of thiazole rings is 1. The second-order valence-electron chi connectivity index (χ2n) is 5.58. The number of rotatable bonds is 6. The SMILES string of the molecule is COc1ccc(-c2csc(NC(=O)Cc3ccc(F)c(Br)c3)n2)cc1OC. The zero-order valence-electron chi connectivity index (χ0n) is 14.6. The smallest absolute Gasteiger partial charge is 0.230 e. The number of amides is 1. The van der Waals surface area contributed by atoms with E-state index in [1.54, 1.807) is 32.4 Å². The van der Waals surface area contributed by atoms with E-state index in [0.717, 1.165) is 11.3 Å². The van der Waals surface area contributed by atoms with Crippen LogP contribution in [0, 0.1) is 5.82 Å². The van der Waals surface area contributed by atoms with E-state index in [1.165, 1.54) is 17.4 Å². The summed E-state index contributed by atoms with van der Waals surface area (Å²) in [5, 5.41) is 5.11. The Hall–Kier alpha value is -2.45. The highest BCUT2D eigenvalue weighted by atomic mass is 79.9. The van der Waals surface area contributed by atoms with E-state index < -0.39 is 0 Å². The number of anilines is 1. The summed E-state index contributed by atoms with van der Waals surface area (Å²) in [5.41, 5.74) is 2.28. The van der Waals surface area contributed by atoms with Crippen LogP contribution >= 0.6 is 27.3 Å². The van der Waals surface area contributed by atoms with Crippen LogP contribution in [0.5, 0.6) is 11.5 Å². The lowest BCUT2D eigenvalue weighted by atomic mass is 10.1. The molecule has 0 spiro atoms. The maximum atomic E-state index is 13.3. The van der Waals surface area contributed by atoms with Crippen molar-refractivity contribution in [2.75, 3.05) is 19.5 Å². The van der Waals surface area contributed by atoms with Crippen LogP contribution < -0.4 is 14.8 Å². The summed E-state index contributed by atoms with van der Waals surface area (Å²) in [4.78, 5) is 16.7. The summed E-state index contributed by atoms with van der Waals surface area (Å²) in [6, 6.07) is 10.00. The van der Waals surface area contributed by atoms with Crippen LogP contribution in [-0.4, -0.2) is 25.1 Å². The predicted molar refractivity (Wildman–Crippen MR) is 107 cm³/mol. The Labute approximate surface area is 168 Å². The van der Waals surface area contributed by atoms with Crippen molar-refractivity contribution in [2.45, 2.75) is 6.42 Å². The normalized spacial score (nSPS) is 10.5. The van der Waals surface area contributed by atoms with Crippen molar-refractivity contribution in [1.82, 2.24) is 4.98 Å². The van der Waals surface area contributed by atoms with Gasteiger partial charge >= 0.3 is 0 Å². The van der Waals surface area contributed by atoms with Crippen molar-refractivity contribution >= 4 is 38.3 Å². The fourth-order valence-corrected chi connectivity index (χ4v) is 3.62. The number of nitrogens with one attached hydrogen (secondary N) is 1. The number of carbonyl (C=O) groups excluding carboxylic acids is 1. The molecule has 1 N–H and O–H groups in total. The van der Waals surface area contributed by atoms with Crippen molar-refractivity contribution in [3.8, 4) is 22.8 Å². The number of hydrogen-bond acceptors (Lipinski definition) is 5. The Morgan fingerprint density at radius 2 is 1.96 bits per heavy atom. The fraction of sp³-hybridized carbons (Fsp3) is 0.158. The predicted octanol–water partition coefficient (Wildman–Crippen LogP) is 4.91. The Balaban J connectivity index is 1.70. The monoisotopic (exact) mass is 450 g/mol. The zero-order chi connectivity index (χ0) is 19.4. The van der Waals surface area contributed by atoms with Crippen LogP contribution in [0.25, 0.3) is 11.3 Å². The van der Waals surface area contributed by atoms with E-state index in [0.29, 0.717) is 26.7 Å². The van der Waals surface area contributed by atoms with Gasteiger partial charge in [-0.15, -0.1) is 11.3 Å². The van der Waals surface area contributed by atoms with Crippen molar-refractivity contribution in [3.05, 3.63) is 57.6 Å². The summed E-state index contributed by atoms with van der Waals surface area (Å²) in [7, 11) is 3.15. The molecule has 1 heterocycles. The molecule has 0 saturated heterocycles. The van der Waals surface area contributed by atoms with Gasteiger partial charge in [0.2, 0.25) is 5.91 Å². The maximum Gasteiger partial charge on any atom is 0.230 e. The summed E-state index contributed by atoms with van der Waals surface area (Å²) >= 11 is 4.45. The molecule has 5 nitrogen and oxygen atoms in total. The van der Waals surface area contributed by atoms with Gasteiger partial charge in [0.15, 0.2) is 16.6 Å². The lowest BCUT2D eigenvalue weighted by Gasteiger charge is -2.08. The van der Waals surface area contributed by atoms with E-state index in [9.17, 15) is 9.18 Å². The number of hydrogen-bond donors (Lipinski definition) is 1. The first-order chi connectivity index (χ1) is 13.0. The molecule has 1 aromatic heterocycles. The molecule has 27 heavy (non-hydrogen) atoms. The average molecular weight is 451 g/mol. The lowest BCUT2D eigenvalue weighted by molar-refractivity contribution is -0.115. The average Bonchev–Trinajstić information content (AvgIpc) is 3.12. The minimum absolute atomic E-state index is 0.129. The first-order valence-corrected chi connectivity index (χ1v) is 9.59. The third kappa shape index (κ3) is 4.64. The summed E-state index contributed by atoms with van der Waals surface area (Å²) < 4.78 is 24.1. The van der Waals surface area contributed by atoms with Crippen LogP contribution in [-0.2, 0) is 11.2 Å². The van der Waals surface area contributed by atoms with Gasteiger partial charge < -0.3 is 14.8 Å². The molecule has 0 atom stereocenters. The first kappa shape index (κ1) is 19.3. The van der Waals surface area contributed by atoms with Crippen LogP contribution in [0.4, 0.5) is 9.52 Å². The van der Waals surface area contributed by atoms with E-state index in [-0.39, 0.29) is 18.1 Å². The van der Waals surface area contributed by atoms with Gasteiger partial charge in [-0.05, 0) is 51.8 Å². The van der Waals surface area contributed by atoms with Crippen LogP contribution in [0.15, 0.2) is 46.3 Å². The molecule has 0 radical (unpaired) electrons. The van der Waals surface area contributed by atoms with Gasteiger partial charge in [0.1, 0.15) is 5.82 Å². The number of halogens is 2. The number of benzene rings is 2. The molecule has 3 rings (SSSR count). The highest BCUT2D eigenvalue weighted by molar-refractivity contribution is 9.10. The minimum Gasteiger partial charge on any atom is -0.493 e. The standard InChI is InChI=1S/C19H16BrFN2O3S/c1-25-16-6-4-12(9-17(16)26-2)15-10-27-19(22-15)23-18(24)8-11-3-5-14(21)13(20)7-11/h3-7,9-10H,8H2,1-2H3,(H,22,23,24). The molecule has 0 aliphatic heterocycles. The van der Waals surface area contributed by atoms with Crippen molar-refractivity contribution in [2.24, 2.45) is 0 Å². The van der Waals surface area contributed by atoms with Gasteiger partial charge in [-0.3, -0.25) is 4.79 Å². The Morgan fingerprint density at radius 3 is 2.67 bits per heavy atom. The Kier molecular flexibility index (Phi) is 6.08. The lowest BCUT2D eigenvalue weighted by Crippen LogP contribution is -2.14. The number of nitrogens with zero attached hydrogens (tertiary/aromatic N) is 1. The number of carbonyl (C=O) groups is 1. The third-order valence-electron chi connectivity index (χ3n) is 3.78. The van der Waals surface area contributed by atoms with E-state index in [2.05, 4.69) is 26.2 Å². The molecule has 0 aliphatic carbocycles. The van der Waals surface area contributed by atoms with Gasteiger partial charge in [-0.25, -0.2) is 9.37 Å². The molecule has 8 heteroatoms. The second-order valence-corrected chi connectivity index (χ2v) is 7.29.